The average molecular weight is 340 g/mol. The van der Waals surface area contributed by atoms with E-state index in [1.165, 1.54) is 24.5 Å². The van der Waals surface area contributed by atoms with E-state index >= 15 is 0 Å². The molecule has 2 rings (SSSR count). The van der Waals surface area contributed by atoms with E-state index in [2.05, 4.69) is 5.32 Å². The summed E-state index contributed by atoms with van der Waals surface area (Å²) in [6.45, 7) is 0.225. The SMILES string of the molecule is COc1ccc(C=O)cc1OCC(=O)NCc1ccc(Cl)s1. The molecule has 1 aromatic carbocycles. The third-order valence-electron chi connectivity index (χ3n) is 2.77. The molecule has 1 heterocycles. The van der Waals surface area contributed by atoms with E-state index in [0.717, 1.165) is 4.88 Å². The number of hydrogen-bond acceptors (Lipinski definition) is 5. The minimum absolute atomic E-state index is 0.169. The molecule has 2 aromatic rings. The summed E-state index contributed by atoms with van der Waals surface area (Å²) < 4.78 is 11.2. The highest BCUT2D eigenvalue weighted by atomic mass is 35.5. The first-order valence-electron chi connectivity index (χ1n) is 6.39. The van der Waals surface area contributed by atoms with E-state index in [4.69, 9.17) is 21.1 Å². The zero-order valence-corrected chi connectivity index (χ0v) is 13.4. The van der Waals surface area contributed by atoms with Gasteiger partial charge in [0, 0.05) is 10.4 Å². The van der Waals surface area contributed by atoms with Gasteiger partial charge in [0.15, 0.2) is 18.1 Å². The van der Waals surface area contributed by atoms with Gasteiger partial charge in [-0.3, -0.25) is 9.59 Å². The molecule has 0 bridgehead atoms. The van der Waals surface area contributed by atoms with Crippen molar-refractivity contribution in [1.29, 1.82) is 0 Å². The molecule has 0 saturated carbocycles. The summed E-state index contributed by atoms with van der Waals surface area (Å²) in [5, 5.41) is 2.73. The number of carbonyl (C=O) groups is 2. The highest BCUT2D eigenvalue weighted by Crippen LogP contribution is 2.27. The Morgan fingerprint density at radius 2 is 2.14 bits per heavy atom. The van der Waals surface area contributed by atoms with Gasteiger partial charge in [0.2, 0.25) is 0 Å². The molecule has 1 amide bonds. The van der Waals surface area contributed by atoms with Gasteiger partial charge in [-0.2, -0.15) is 0 Å². The number of thiophene rings is 1. The maximum Gasteiger partial charge on any atom is 0.258 e. The van der Waals surface area contributed by atoms with Crippen molar-refractivity contribution < 1.29 is 19.1 Å². The molecule has 0 aliphatic heterocycles. The van der Waals surface area contributed by atoms with Crippen LogP contribution in [-0.2, 0) is 11.3 Å². The first kappa shape index (κ1) is 16.3. The van der Waals surface area contributed by atoms with Gasteiger partial charge in [0.1, 0.15) is 6.29 Å². The Bertz CT molecular complexity index is 671. The van der Waals surface area contributed by atoms with E-state index in [1.54, 1.807) is 18.2 Å². The van der Waals surface area contributed by atoms with Crippen LogP contribution in [0.4, 0.5) is 0 Å². The highest BCUT2D eigenvalue weighted by Gasteiger charge is 2.09. The average Bonchev–Trinajstić information content (AvgIpc) is 2.96. The van der Waals surface area contributed by atoms with Crippen LogP contribution in [0.15, 0.2) is 30.3 Å². The summed E-state index contributed by atoms with van der Waals surface area (Å²) in [7, 11) is 1.49. The Balaban J connectivity index is 1.89. The van der Waals surface area contributed by atoms with Crippen LogP contribution in [0.25, 0.3) is 0 Å². The molecule has 1 N–H and O–H groups in total. The molecule has 0 atom stereocenters. The van der Waals surface area contributed by atoms with Crippen LogP contribution in [0, 0.1) is 0 Å². The monoisotopic (exact) mass is 339 g/mol. The molecular formula is C15H14ClNO4S. The van der Waals surface area contributed by atoms with Crippen LogP contribution >= 0.6 is 22.9 Å². The number of rotatable bonds is 7. The number of nitrogens with one attached hydrogen (secondary N) is 1. The fraction of sp³-hybridized carbons (Fsp3) is 0.200. The number of amides is 1. The van der Waals surface area contributed by atoms with Gasteiger partial charge in [-0.15, -0.1) is 11.3 Å². The molecule has 7 heteroatoms. The number of carbonyl (C=O) groups excluding carboxylic acids is 2. The van der Waals surface area contributed by atoms with Gasteiger partial charge >= 0.3 is 0 Å². The Morgan fingerprint density at radius 3 is 2.77 bits per heavy atom. The third-order valence-corrected chi connectivity index (χ3v) is 4.00. The van der Waals surface area contributed by atoms with E-state index in [-0.39, 0.29) is 12.5 Å². The lowest BCUT2D eigenvalue weighted by Gasteiger charge is -2.11. The molecule has 0 saturated heterocycles. The molecule has 1 aromatic heterocycles. The Hall–Kier alpha value is -2.05. The number of ether oxygens (including phenoxy) is 2. The molecule has 0 fully saturated rings. The number of aldehydes is 1. The van der Waals surface area contributed by atoms with Gasteiger partial charge < -0.3 is 14.8 Å². The topological polar surface area (TPSA) is 64.6 Å². The summed E-state index contributed by atoms with van der Waals surface area (Å²) >= 11 is 7.22. The lowest BCUT2D eigenvalue weighted by Crippen LogP contribution is -2.28. The van der Waals surface area contributed by atoms with E-state index in [9.17, 15) is 9.59 Å². The Labute approximate surface area is 136 Å². The van der Waals surface area contributed by atoms with E-state index < -0.39 is 0 Å². The fourth-order valence-corrected chi connectivity index (χ4v) is 2.73. The van der Waals surface area contributed by atoms with Crippen molar-refractivity contribution in [3.05, 3.63) is 45.1 Å². The minimum atomic E-state index is -0.275. The minimum Gasteiger partial charge on any atom is -0.493 e. The maximum atomic E-state index is 11.8. The van der Waals surface area contributed by atoms with Crippen molar-refractivity contribution in [1.82, 2.24) is 5.32 Å². The van der Waals surface area contributed by atoms with Crippen molar-refractivity contribution in [3.8, 4) is 11.5 Å². The van der Waals surface area contributed by atoms with Gasteiger partial charge in [0.25, 0.3) is 5.91 Å². The molecule has 0 spiro atoms. The molecule has 0 aliphatic rings. The van der Waals surface area contributed by atoms with Gasteiger partial charge in [0.05, 0.1) is 18.0 Å². The van der Waals surface area contributed by atoms with Crippen LogP contribution in [0.2, 0.25) is 4.34 Å². The molecule has 5 nitrogen and oxygen atoms in total. The fourth-order valence-electron chi connectivity index (χ4n) is 1.71. The van der Waals surface area contributed by atoms with Crippen molar-refractivity contribution >= 4 is 35.1 Å². The lowest BCUT2D eigenvalue weighted by molar-refractivity contribution is -0.123. The second-order valence-corrected chi connectivity index (χ2v) is 6.10. The lowest BCUT2D eigenvalue weighted by atomic mass is 10.2. The van der Waals surface area contributed by atoms with Crippen LogP contribution in [0.1, 0.15) is 15.2 Å². The predicted octanol–water partition coefficient (Wildman–Crippen LogP) is 2.92. The number of halogens is 1. The standard InChI is InChI=1S/C15H14ClNO4S/c1-20-12-4-2-10(8-18)6-13(12)21-9-15(19)17-7-11-3-5-14(16)22-11/h2-6,8H,7,9H2,1H3,(H,17,19). The number of hydrogen-bond donors (Lipinski definition) is 1. The van der Waals surface area contributed by atoms with Crippen LogP contribution < -0.4 is 14.8 Å². The summed E-state index contributed by atoms with van der Waals surface area (Å²) in [6, 6.07) is 8.38. The van der Waals surface area contributed by atoms with Crippen molar-refractivity contribution in [2.75, 3.05) is 13.7 Å². The summed E-state index contributed by atoms with van der Waals surface area (Å²) in [5.41, 5.74) is 0.449. The Morgan fingerprint density at radius 1 is 1.32 bits per heavy atom. The van der Waals surface area contributed by atoms with E-state index in [0.29, 0.717) is 34.2 Å². The van der Waals surface area contributed by atoms with Crippen LogP contribution in [-0.4, -0.2) is 25.9 Å². The van der Waals surface area contributed by atoms with Gasteiger partial charge in [-0.25, -0.2) is 0 Å². The quantitative estimate of drug-likeness (QED) is 0.788. The predicted molar refractivity (Wildman–Crippen MR) is 85.1 cm³/mol. The first-order valence-corrected chi connectivity index (χ1v) is 7.58. The summed E-state index contributed by atoms with van der Waals surface area (Å²) in [6.07, 6.45) is 0.701. The highest BCUT2D eigenvalue weighted by molar-refractivity contribution is 7.16. The molecular weight excluding hydrogens is 326 g/mol. The van der Waals surface area contributed by atoms with E-state index in [1.807, 2.05) is 6.07 Å². The van der Waals surface area contributed by atoms with Gasteiger partial charge in [-0.05, 0) is 30.3 Å². The largest absolute Gasteiger partial charge is 0.493 e. The summed E-state index contributed by atoms with van der Waals surface area (Å²) in [4.78, 5) is 23.5. The normalized spacial score (nSPS) is 10.1. The number of methoxy groups -OCH3 is 1. The molecule has 0 radical (unpaired) electrons. The third kappa shape index (κ3) is 4.47. The molecule has 0 unspecified atom stereocenters. The molecule has 0 aliphatic carbocycles. The zero-order valence-electron chi connectivity index (χ0n) is 11.8. The van der Waals surface area contributed by atoms with Crippen molar-refractivity contribution in [3.63, 3.8) is 0 Å². The number of benzene rings is 1. The second-order valence-electron chi connectivity index (χ2n) is 4.30. The summed E-state index contributed by atoms with van der Waals surface area (Å²) in [5.74, 6) is 0.535. The zero-order chi connectivity index (χ0) is 15.9. The molecule has 22 heavy (non-hydrogen) atoms. The van der Waals surface area contributed by atoms with Crippen LogP contribution in [0.3, 0.4) is 0 Å². The molecule has 116 valence electrons. The van der Waals surface area contributed by atoms with Crippen LogP contribution in [0.5, 0.6) is 11.5 Å². The maximum absolute atomic E-state index is 11.8. The smallest absolute Gasteiger partial charge is 0.258 e. The Kier molecular flexibility index (Phi) is 5.80. The van der Waals surface area contributed by atoms with Gasteiger partial charge in [-0.1, -0.05) is 11.6 Å². The van der Waals surface area contributed by atoms with Crippen molar-refractivity contribution in [2.45, 2.75) is 6.54 Å². The second kappa shape index (κ2) is 7.82. The van der Waals surface area contributed by atoms with Crippen molar-refractivity contribution in [2.24, 2.45) is 0 Å². The first-order chi connectivity index (χ1) is 10.6.